The van der Waals surface area contributed by atoms with Crippen molar-refractivity contribution in [3.8, 4) is 0 Å². The summed E-state index contributed by atoms with van der Waals surface area (Å²) >= 11 is 9.53. The van der Waals surface area contributed by atoms with E-state index in [4.69, 9.17) is 22.9 Å². The Hall–Kier alpha value is -7.38. The Morgan fingerprint density at radius 3 is 1.30 bits per heavy atom. The number of halogens is 5. The largest absolute Gasteiger partial charge is 0.399 e. The number of rotatable bonds is 20. The monoisotopic (exact) mass is 2060 g/mol. The SMILES string of the molecule is CC(=O)Nc1ccc(C(C)(C)C)cc1.CC(C)(C)c1cc(Br)c(F)c(Br)c1.CC(C)(C)c1ccc(F)c(Br)c1.CC(C)(C)c1ccc(N)c(N)c1.CC(C)(C)c1ccc(N)c([N+](=O)[O-])c1.CC(C)C(=O)/C=C/C(=O)C(C)(C)C.CC(C)C(=O)CCC(=O)C(C)(C)C.CC(C)CCCC(=O)C(C)(C)C.CC(C)N1CCC(N2CCN(CCCN(C)C)CC2)CC1.CC(C)c1ccc(N)cc1. The highest BCUT2D eigenvalue weighted by molar-refractivity contribution is 9.11. The molecule has 134 heavy (non-hydrogen) atoms. The van der Waals surface area contributed by atoms with Gasteiger partial charge >= 0.3 is 0 Å². The first-order chi connectivity index (χ1) is 60.9. The van der Waals surface area contributed by atoms with E-state index in [-0.39, 0.29) is 102 Å². The zero-order valence-corrected chi connectivity index (χ0v) is 94.4. The number of nitro benzene ring substituents is 1. The van der Waals surface area contributed by atoms with Crippen LogP contribution in [0.15, 0.2) is 141 Å². The van der Waals surface area contributed by atoms with E-state index >= 15 is 0 Å². The molecule has 2 saturated heterocycles. The number of piperazine rings is 1. The quantitative estimate of drug-likeness (QED) is 0.0156. The molecule has 0 unspecified atom stereocenters. The van der Waals surface area contributed by atoms with Crippen LogP contribution in [-0.2, 0) is 55.8 Å². The zero-order chi connectivity index (χ0) is 104. The van der Waals surface area contributed by atoms with Crippen molar-refractivity contribution in [1.82, 2.24) is 19.6 Å². The van der Waals surface area contributed by atoms with Crippen molar-refractivity contribution < 1.29 is 42.5 Å². The zero-order valence-electron chi connectivity index (χ0n) is 89.6. The molecule has 9 N–H and O–H groups in total. The van der Waals surface area contributed by atoms with Crippen molar-refractivity contribution in [2.24, 2.45) is 34.0 Å². The number of piperidine rings is 1. The first kappa shape index (κ1) is 129. The summed E-state index contributed by atoms with van der Waals surface area (Å²) in [5.74, 6) is 1.57. The molecule has 1 amide bonds. The Morgan fingerprint density at radius 1 is 0.493 bits per heavy atom. The van der Waals surface area contributed by atoms with E-state index in [1.807, 2.05) is 196 Å². The number of Topliss-reactive ketones (excluding diaryl/α,β-unsaturated/α-hetero) is 3. The van der Waals surface area contributed by atoms with Gasteiger partial charge in [0, 0.05) is 110 Å². The van der Waals surface area contributed by atoms with Gasteiger partial charge in [0.2, 0.25) is 5.91 Å². The third-order valence-corrected chi connectivity index (χ3v) is 24.2. The summed E-state index contributed by atoms with van der Waals surface area (Å²) < 4.78 is 27.6. The van der Waals surface area contributed by atoms with E-state index in [0.29, 0.717) is 49.3 Å². The first-order valence-electron chi connectivity index (χ1n) is 47.7. The molecule has 0 aromatic heterocycles. The molecule has 0 radical (unpaired) electrons. The molecule has 18 nitrogen and oxygen atoms in total. The van der Waals surface area contributed by atoms with Crippen molar-refractivity contribution in [1.29, 1.82) is 0 Å². The van der Waals surface area contributed by atoms with E-state index in [9.17, 15) is 47.7 Å². The van der Waals surface area contributed by atoms with Crippen LogP contribution in [0.1, 0.15) is 333 Å². The number of nitro groups is 1. The van der Waals surface area contributed by atoms with Crippen molar-refractivity contribution >= 4 is 117 Å². The fraction of sp³-hybridized carbons (Fsp3) is 0.604. The molecule has 756 valence electrons. The number of anilines is 5. The topological polar surface area (TPSA) is 275 Å². The lowest BCUT2D eigenvalue weighted by atomic mass is 9.87. The fourth-order valence-corrected chi connectivity index (χ4v) is 14.1. The van der Waals surface area contributed by atoms with Gasteiger partial charge in [-0.15, -0.1) is 0 Å². The molecule has 0 saturated carbocycles. The van der Waals surface area contributed by atoms with Crippen LogP contribution in [0.4, 0.5) is 42.9 Å². The Morgan fingerprint density at radius 2 is 0.918 bits per heavy atom. The maximum Gasteiger partial charge on any atom is 0.292 e. The van der Waals surface area contributed by atoms with Gasteiger partial charge in [-0.1, -0.05) is 270 Å². The van der Waals surface area contributed by atoms with Gasteiger partial charge < -0.3 is 43.0 Å². The van der Waals surface area contributed by atoms with E-state index in [2.05, 4.69) is 224 Å². The number of nitrogens with zero attached hydrogens (tertiary/aromatic N) is 5. The van der Waals surface area contributed by atoms with Crippen LogP contribution in [0, 0.1) is 55.7 Å². The van der Waals surface area contributed by atoms with E-state index in [0.717, 1.165) is 58.9 Å². The van der Waals surface area contributed by atoms with Crippen molar-refractivity contribution in [2.75, 3.05) is 94.7 Å². The van der Waals surface area contributed by atoms with E-state index < -0.39 is 10.3 Å². The van der Waals surface area contributed by atoms with Crippen molar-refractivity contribution in [3.63, 3.8) is 0 Å². The van der Waals surface area contributed by atoms with Crippen LogP contribution in [0.5, 0.6) is 0 Å². The number of nitrogens with two attached hydrogens (primary N) is 4. The summed E-state index contributed by atoms with van der Waals surface area (Å²) in [5.41, 5.74) is 32.0. The lowest BCUT2D eigenvalue weighted by molar-refractivity contribution is -0.384. The molecule has 0 aliphatic carbocycles. The third-order valence-electron chi connectivity index (χ3n) is 22.4. The summed E-state index contributed by atoms with van der Waals surface area (Å²) in [7, 11) is 4.34. The van der Waals surface area contributed by atoms with Crippen LogP contribution in [0.2, 0.25) is 0 Å². The minimum Gasteiger partial charge on any atom is -0.399 e. The smallest absolute Gasteiger partial charge is 0.292 e. The number of ketones is 5. The minimum atomic E-state index is -0.454. The van der Waals surface area contributed by atoms with Gasteiger partial charge in [-0.3, -0.25) is 43.8 Å². The standard InChI is InChI=1S/C17H36N4.C12H17NO.C11H20O2.C11H18O2.C11H22O.C10H11Br2F.C10H12BrF.C10H14N2O2.C10H16N2.C9H13N/c1-16(2)20-10-6-17(7-11-20)21-14-12-19(13-15-21)9-5-8-18(3)4;1-9(14)13-11-7-5-10(6-8-11)12(2,3)4;2*1-8(2)9(12)6-7-10(13)11(3,4)5;1-9(2)7-6-8-10(12)11(3,4)5;1-10(2,3)6-4-7(11)9(13)8(12)5-6;1-10(2,3)7-4-5-9(12)8(11)6-7;1-10(2,3)7-4-5-8(11)9(6-7)12(13)14;1-10(2,3)7-4-5-8(11)9(12)6-7;1-7(2)8-3-5-9(10)6-4-8/h16-17H,5-15H2,1-4H3;5-8H,1-4H3,(H,13,14);8H,6-7H2,1-5H3;6-8H,1-5H3;9H,6-8H2,1-5H3;4-5H,1-3H3;4-6H,1-3H3;4-6H,11H2,1-3H3;4-6H,11-12H2,1-3H3;3-7H,10H2,1-2H3/b;;;7-6+;;;;;;. The first-order valence-corrected chi connectivity index (χ1v) is 50.1. The normalized spacial score (nSPS) is 13.6. The second-order valence-electron chi connectivity index (χ2n) is 45.2. The molecule has 0 atom stereocenters. The maximum atomic E-state index is 13.2. The number of nitrogen functional groups attached to an aromatic ring is 4. The maximum absolute atomic E-state index is 13.2. The summed E-state index contributed by atoms with van der Waals surface area (Å²) in [6.45, 7) is 81.2. The third kappa shape index (κ3) is 55.3. The van der Waals surface area contributed by atoms with Gasteiger partial charge in [0.05, 0.1) is 29.7 Å². The molecule has 6 aromatic carbocycles. The van der Waals surface area contributed by atoms with Crippen LogP contribution in [-0.4, -0.2) is 138 Å². The Labute approximate surface area is 836 Å². The number of carbonyl (C=O) groups is 6. The molecule has 0 bridgehead atoms. The Bertz CT molecular complexity index is 4460. The Balaban J connectivity index is 0. The molecular weight excluding hydrogens is 1880 g/mol. The van der Waals surface area contributed by atoms with Crippen molar-refractivity contribution in [2.45, 2.75) is 339 Å². The van der Waals surface area contributed by atoms with Crippen LogP contribution in [0.25, 0.3) is 0 Å². The van der Waals surface area contributed by atoms with Gasteiger partial charge in [0.25, 0.3) is 5.69 Å². The number of hydrogen-bond acceptors (Lipinski definition) is 16. The predicted octanol–water partition coefficient (Wildman–Crippen LogP) is 28.3. The molecule has 23 heteroatoms. The minimum absolute atomic E-state index is 0.00222. The molecule has 0 spiro atoms. The summed E-state index contributed by atoms with van der Waals surface area (Å²) in [6.07, 6.45) is 10.6. The summed E-state index contributed by atoms with van der Waals surface area (Å²) in [4.78, 5) is 87.9. The lowest BCUT2D eigenvalue weighted by Crippen LogP contribution is -2.53. The summed E-state index contributed by atoms with van der Waals surface area (Å²) in [5, 5.41) is 13.4. The van der Waals surface area contributed by atoms with Crippen LogP contribution < -0.4 is 28.3 Å². The molecule has 2 fully saturated rings. The molecule has 2 heterocycles. The molecule has 6 aromatic rings. The number of benzene rings is 6. The van der Waals surface area contributed by atoms with E-state index in [1.54, 1.807) is 6.07 Å². The highest BCUT2D eigenvalue weighted by Gasteiger charge is 2.30. The predicted molar refractivity (Wildman–Crippen MR) is 579 cm³/mol. The molecule has 2 aliphatic rings. The lowest BCUT2D eigenvalue weighted by Gasteiger charge is -2.43. The van der Waals surface area contributed by atoms with Crippen LogP contribution >= 0.6 is 47.8 Å². The highest BCUT2D eigenvalue weighted by Crippen LogP contribution is 2.35. The average Bonchev–Trinajstić information content (AvgIpc) is 0.832. The summed E-state index contributed by atoms with van der Waals surface area (Å²) in [6, 6.07) is 37.1. The number of likely N-dealkylation sites (tertiary alicyclic amines) is 1. The van der Waals surface area contributed by atoms with Crippen molar-refractivity contribution in [3.05, 3.63) is 196 Å². The van der Waals surface area contributed by atoms with Gasteiger partial charge in [-0.05, 0) is 279 Å². The second kappa shape index (κ2) is 59.8. The number of allylic oxidation sites excluding steroid dienone is 2. The fourth-order valence-electron chi connectivity index (χ4n) is 12.6. The van der Waals surface area contributed by atoms with Gasteiger partial charge in [-0.25, -0.2) is 8.78 Å². The number of carbonyl (C=O) groups excluding carboxylic acids is 6. The average molecular weight is 2060 g/mol. The van der Waals surface area contributed by atoms with Gasteiger partial charge in [-0.2, -0.15) is 0 Å². The van der Waals surface area contributed by atoms with Gasteiger partial charge in [0.1, 0.15) is 28.9 Å². The number of amides is 1. The van der Waals surface area contributed by atoms with Gasteiger partial charge in [0.15, 0.2) is 17.4 Å². The number of hydrogen-bond donors (Lipinski definition) is 5. The second-order valence-corrected chi connectivity index (χ2v) is 47.8. The molecule has 2 aliphatic heterocycles. The van der Waals surface area contributed by atoms with E-state index in [1.165, 1.54) is 126 Å². The number of nitrogens with one attached hydrogen (secondary N) is 1. The van der Waals surface area contributed by atoms with Crippen LogP contribution in [0.3, 0.4) is 0 Å². The highest BCUT2D eigenvalue weighted by atomic mass is 79.9. The Kier molecular flexibility index (Phi) is 57.4. The molecular formula is C111H179Br3F2N10O8. The molecule has 8 rings (SSSR count).